The number of carboxylic acids is 2. The van der Waals surface area contributed by atoms with Crippen molar-refractivity contribution in [3.63, 3.8) is 0 Å². The molecule has 1 rings (SSSR count). The molecule has 0 heterocycles. The van der Waals surface area contributed by atoms with Gasteiger partial charge in [0, 0.05) is 0 Å². The Kier molecular flexibility index (Phi) is 9.41. The molecule has 7 nitrogen and oxygen atoms in total. The van der Waals surface area contributed by atoms with Crippen molar-refractivity contribution in [3.05, 3.63) is 30.3 Å². The Morgan fingerprint density at radius 1 is 1.04 bits per heavy atom. The zero-order valence-electron chi connectivity index (χ0n) is 16.6. The number of aliphatic carboxylic acids is 2. The molecule has 2 N–H and O–H groups in total. The highest BCUT2D eigenvalue weighted by molar-refractivity contribution is 5.86. The topological polar surface area (TPSA) is 130 Å². The maximum atomic E-state index is 11.7. The lowest BCUT2D eigenvalue weighted by molar-refractivity contribution is -0.356. The lowest BCUT2D eigenvalue weighted by Crippen LogP contribution is -2.73. The average molecular weight is 394 g/mol. The Bertz CT molecular complexity index is 618. The summed E-state index contributed by atoms with van der Waals surface area (Å²) in [5, 5.41) is 43.5. The van der Waals surface area contributed by atoms with Gasteiger partial charge in [-0.05, 0) is 31.9 Å². The van der Waals surface area contributed by atoms with Crippen LogP contribution in [-0.4, -0.2) is 39.5 Å². The molecule has 7 heteroatoms. The summed E-state index contributed by atoms with van der Waals surface area (Å²) in [6.45, 7) is 3.38. The third-order valence-corrected chi connectivity index (χ3v) is 5.08. The van der Waals surface area contributed by atoms with Crippen molar-refractivity contribution >= 4 is 11.9 Å². The van der Waals surface area contributed by atoms with Crippen molar-refractivity contribution in [2.45, 2.75) is 82.5 Å². The minimum absolute atomic E-state index is 0.00446. The Labute approximate surface area is 166 Å². The van der Waals surface area contributed by atoms with Gasteiger partial charge >= 0.3 is 0 Å². The average Bonchev–Trinajstić information content (AvgIpc) is 2.66. The lowest BCUT2D eigenvalue weighted by atomic mass is 9.76. The van der Waals surface area contributed by atoms with E-state index in [9.17, 15) is 30.0 Å². The lowest BCUT2D eigenvalue weighted by Gasteiger charge is -2.48. The van der Waals surface area contributed by atoms with Crippen molar-refractivity contribution < 1.29 is 34.8 Å². The number of carbonyl (C=O) groups is 2. The summed E-state index contributed by atoms with van der Waals surface area (Å²) in [6.07, 6.45) is 3.87. The highest BCUT2D eigenvalue weighted by Gasteiger charge is 2.55. The fourth-order valence-electron chi connectivity index (χ4n) is 3.27. The van der Waals surface area contributed by atoms with E-state index in [0.29, 0.717) is 6.42 Å². The summed E-state index contributed by atoms with van der Waals surface area (Å²) in [5.74, 6) is -4.02. The molecule has 1 aromatic rings. The van der Waals surface area contributed by atoms with Gasteiger partial charge in [0.15, 0.2) is 5.60 Å². The van der Waals surface area contributed by atoms with Crippen molar-refractivity contribution in [1.29, 1.82) is 0 Å². The number of unbranched alkanes of at least 4 members (excludes halogenated alkanes) is 6. The van der Waals surface area contributed by atoms with E-state index in [1.54, 1.807) is 30.3 Å². The van der Waals surface area contributed by atoms with Gasteiger partial charge in [-0.15, -0.1) is 0 Å². The van der Waals surface area contributed by atoms with Crippen LogP contribution in [0.15, 0.2) is 30.3 Å². The molecule has 1 aromatic carbocycles. The molecule has 0 radical (unpaired) electrons. The number of aliphatic hydroxyl groups is 2. The van der Waals surface area contributed by atoms with Crippen LogP contribution in [0.4, 0.5) is 0 Å². The largest absolute Gasteiger partial charge is 0.547 e. The number of rotatable bonds is 14. The molecule has 0 amide bonds. The normalized spacial score (nSPS) is 16.6. The zero-order chi connectivity index (χ0) is 21.2. The van der Waals surface area contributed by atoms with Crippen LogP contribution in [0.2, 0.25) is 0 Å². The molecule has 3 unspecified atom stereocenters. The predicted molar refractivity (Wildman–Crippen MR) is 99.1 cm³/mol. The number of ether oxygens (including phenoxy) is 1. The summed E-state index contributed by atoms with van der Waals surface area (Å²) in [4.78, 5) is 22.9. The first-order chi connectivity index (χ1) is 13.2. The molecule has 0 aliphatic rings. The third-order valence-electron chi connectivity index (χ3n) is 5.08. The molecular formula is C21H30O7-2. The van der Waals surface area contributed by atoms with Gasteiger partial charge in [0.2, 0.25) is 0 Å². The maximum Gasteiger partial charge on any atom is 0.174 e. The van der Waals surface area contributed by atoms with Gasteiger partial charge in [0.05, 0.1) is 11.9 Å². The van der Waals surface area contributed by atoms with Crippen LogP contribution in [-0.2, 0) is 9.59 Å². The number of aliphatic hydroxyl groups excluding tert-OH is 1. The first kappa shape index (κ1) is 23.9. The summed E-state index contributed by atoms with van der Waals surface area (Å²) in [5.41, 5.74) is -5.14. The van der Waals surface area contributed by atoms with E-state index >= 15 is 0 Å². The first-order valence-corrected chi connectivity index (χ1v) is 9.76. The fourth-order valence-corrected chi connectivity index (χ4v) is 3.27. The highest BCUT2D eigenvalue weighted by atomic mass is 16.5. The van der Waals surface area contributed by atoms with Crippen molar-refractivity contribution in [2.75, 3.05) is 0 Å². The molecule has 0 saturated carbocycles. The van der Waals surface area contributed by atoms with Crippen LogP contribution in [0.5, 0.6) is 5.75 Å². The van der Waals surface area contributed by atoms with Crippen LogP contribution >= 0.6 is 0 Å². The minimum atomic E-state index is -3.19. The number of hydrogen-bond donors (Lipinski definition) is 2. The Morgan fingerprint density at radius 3 is 2.07 bits per heavy atom. The summed E-state index contributed by atoms with van der Waals surface area (Å²) >= 11 is 0. The van der Waals surface area contributed by atoms with Crippen molar-refractivity contribution in [1.82, 2.24) is 0 Å². The number of para-hydroxylation sites is 1. The molecule has 0 aliphatic heterocycles. The van der Waals surface area contributed by atoms with E-state index in [-0.39, 0.29) is 12.2 Å². The molecular weight excluding hydrogens is 364 g/mol. The molecule has 0 spiro atoms. The van der Waals surface area contributed by atoms with Crippen molar-refractivity contribution in [3.8, 4) is 5.75 Å². The number of carbonyl (C=O) groups excluding carboxylic acids is 2. The standard InChI is InChI=1S/C21H32O7/c1-3-4-5-6-7-8-12-15-20(2,28-16-13-10-9-11-14-16)21(27,19(25)26)17(22)18(23)24/h9-11,13-14,17,22,27H,3-8,12,15H2,1-2H3,(H,23,24)(H,25,26)/p-2. The van der Waals surface area contributed by atoms with E-state index in [2.05, 4.69) is 6.92 Å². The van der Waals surface area contributed by atoms with E-state index in [1.807, 2.05) is 0 Å². The molecule has 158 valence electrons. The Morgan fingerprint density at radius 2 is 1.57 bits per heavy atom. The zero-order valence-corrected chi connectivity index (χ0v) is 16.6. The van der Waals surface area contributed by atoms with E-state index < -0.39 is 29.2 Å². The van der Waals surface area contributed by atoms with Gasteiger partial charge in [-0.3, -0.25) is 0 Å². The van der Waals surface area contributed by atoms with Gasteiger partial charge in [0.25, 0.3) is 0 Å². The van der Waals surface area contributed by atoms with E-state index in [0.717, 1.165) is 38.5 Å². The first-order valence-electron chi connectivity index (χ1n) is 9.76. The van der Waals surface area contributed by atoms with E-state index in [4.69, 9.17) is 4.74 Å². The molecule has 0 aliphatic carbocycles. The van der Waals surface area contributed by atoms with Gasteiger partial charge in [-0.1, -0.05) is 63.6 Å². The number of carboxylic acid groups (broad SMARTS) is 2. The van der Waals surface area contributed by atoms with Crippen LogP contribution in [0.3, 0.4) is 0 Å². The summed E-state index contributed by atoms with van der Waals surface area (Å²) in [6, 6.07) is 8.11. The smallest absolute Gasteiger partial charge is 0.174 e. The van der Waals surface area contributed by atoms with Gasteiger partial charge in [-0.25, -0.2) is 0 Å². The van der Waals surface area contributed by atoms with Crippen LogP contribution in [0, 0.1) is 0 Å². The molecule has 0 bridgehead atoms. The van der Waals surface area contributed by atoms with E-state index in [1.165, 1.54) is 6.92 Å². The number of hydrogen-bond acceptors (Lipinski definition) is 7. The summed E-state index contributed by atoms with van der Waals surface area (Å²) in [7, 11) is 0. The van der Waals surface area contributed by atoms with Gasteiger partial charge in [-0.2, -0.15) is 0 Å². The Hall–Kier alpha value is -2.12. The van der Waals surface area contributed by atoms with Crippen LogP contribution in [0.25, 0.3) is 0 Å². The van der Waals surface area contributed by atoms with Crippen molar-refractivity contribution in [2.24, 2.45) is 0 Å². The second-order valence-electron chi connectivity index (χ2n) is 7.29. The molecule has 3 atom stereocenters. The second-order valence-corrected chi connectivity index (χ2v) is 7.29. The minimum Gasteiger partial charge on any atom is -0.547 e. The highest BCUT2D eigenvalue weighted by Crippen LogP contribution is 2.36. The molecule has 0 saturated heterocycles. The van der Waals surface area contributed by atoms with Crippen LogP contribution < -0.4 is 14.9 Å². The molecule has 0 fully saturated rings. The van der Waals surface area contributed by atoms with Gasteiger partial charge < -0.3 is 34.8 Å². The number of benzene rings is 1. The fraction of sp³-hybridized carbons (Fsp3) is 0.619. The maximum absolute atomic E-state index is 11.7. The van der Waals surface area contributed by atoms with Gasteiger partial charge in [0.1, 0.15) is 17.5 Å². The predicted octanol–water partition coefficient (Wildman–Crippen LogP) is 0.557. The second kappa shape index (κ2) is 11.0. The monoisotopic (exact) mass is 394 g/mol. The Balaban J connectivity index is 3.02. The summed E-state index contributed by atoms with van der Waals surface area (Å²) < 4.78 is 5.72. The quantitative estimate of drug-likeness (QED) is 0.441. The SMILES string of the molecule is CCCCCCCCCC(C)(Oc1ccccc1)C(O)(C(=O)[O-])C(O)C(=O)[O-]. The molecule has 28 heavy (non-hydrogen) atoms. The van der Waals surface area contributed by atoms with Crippen LogP contribution in [0.1, 0.15) is 65.2 Å². The molecule has 0 aromatic heterocycles. The third kappa shape index (κ3) is 5.94.